The number of ether oxygens (including phenoxy) is 1. The number of nitrogens with one attached hydrogen (secondary N) is 1. The molecule has 0 bridgehead atoms. The first-order valence-electron chi connectivity index (χ1n) is 6.45. The third kappa shape index (κ3) is 4.67. The van der Waals surface area contributed by atoms with Crippen molar-refractivity contribution < 1.29 is 17.9 Å². The summed E-state index contributed by atoms with van der Waals surface area (Å²) < 4.78 is 40.8. The van der Waals surface area contributed by atoms with Crippen LogP contribution < -0.4 is 10.1 Å². The Morgan fingerprint density at radius 1 is 1.19 bits per heavy atom. The van der Waals surface area contributed by atoms with Gasteiger partial charge < -0.3 is 10.1 Å². The lowest BCUT2D eigenvalue weighted by atomic mass is 10.2. The van der Waals surface area contributed by atoms with Gasteiger partial charge in [0.2, 0.25) is 0 Å². The highest BCUT2D eigenvalue weighted by molar-refractivity contribution is 7.10. The van der Waals surface area contributed by atoms with E-state index < -0.39 is 12.8 Å². The quantitative estimate of drug-likeness (QED) is 0.822. The maximum atomic E-state index is 12.1. The van der Waals surface area contributed by atoms with E-state index in [-0.39, 0.29) is 11.8 Å². The first-order valence-corrected chi connectivity index (χ1v) is 7.33. The lowest BCUT2D eigenvalue weighted by Crippen LogP contribution is -2.19. The zero-order valence-electron chi connectivity index (χ0n) is 11.7. The first kappa shape index (κ1) is 15.7. The van der Waals surface area contributed by atoms with E-state index in [1.807, 2.05) is 12.3 Å². The summed E-state index contributed by atoms with van der Waals surface area (Å²) in [5, 5.41) is 5.36. The van der Waals surface area contributed by atoms with E-state index in [1.165, 1.54) is 22.6 Å². The second kappa shape index (κ2) is 6.39. The molecule has 0 fully saturated rings. The molecule has 21 heavy (non-hydrogen) atoms. The van der Waals surface area contributed by atoms with E-state index in [4.69, 9.17) is 0 Å². The van der Waals surface area contributed by atoms with Crippen LogP contribution in [-0.4, -0.2) is 12.8 Å². The SMILES string of the molecule is Cc1ccsc1C(C)Nc1ccc(OCC(F)(F)F)cc1. The summed E-state index contributed by atoms with van der Waals surface area (Å²) in [5.74, 6) is 0.206. The van der Waals surface area contributed by atoms with E-state index >= 15 is 0 Å². The summed E-state index contributed by atoms with van der Waals surface area (Å²) in [6.07, 6.45) is -4.32. The van der Waals surface area contributed by atoms with Crippen LogP contribution in [0.5, 0.6) is 5.75 Å². The molecule has 114 valence electrons. The van der Waals surface area contributed by atoms with Crippen LogP contribution in [0.15, 0.2) is 35.7 Å². The summed E-state index contributed by atoms with van der Waals surface area (Å²) in [7, 11) is 0. The van der Waals surface area contributed by atoms with Crippen LogP contribution >= 0.6 is 11.3 Å². The molecule has 1 aromatic heterocycles. The maximum absolute atomic E-state index is 12.1. The number of rotatable bonds is 5. The molecular weight excluding hydrogens is 299 g/mol. The molecule has 1 heterocycles. The average molecular weight is 315 g/mol. The number of aryl methyl sites for hydroxylation is 1. The Balaban J connectivity index is 1.95. The standard InChI is InChI=1S/C15H16F3NOS/c1-10-7-8-21-14(10)11(2)19-12-3-5-13(6-4-12)20-9-15(16,17)18/h3-8,11,19H,9H2,1-2H3. The fourth-order valence-corrected chi connectivity index (χ4v) is 2.89. The van der Waals surface area contributed by atoms with Crippen molar-refractivity contribution in [2.24, 2.45) is 0 Å². The van der Waals surface area contributed by atoms with Crippen molar-refractivity contribution in [1.29, 1.82) is 0 Å². The van der Waals surface area contributed by atoms with Gasteiger partial charge in [0.25, 0.3) is 0 Å². The van der Waals surface area contributed by atoms with Gasteiger partial charge in [-0.3, -0.25) is 0 Å². The molecule has 0 aliphatic rings. The van der Waals surface area contributed by atoms with Crippen LogP contribution in [-0.2, 0) is 0 Å². The Morgan fingerprint density at radius 2 is 1.86 bits per heavy atom. The van der Waals surface area contributed by atoms with Crippen LogP contribution in [0.3, 0.4) is 0 Å². The minimum Gasteiger partial charge on any atom is -0.484 e. The third-order valence-electron chi connectivity index (χ3n) is 2.93. The van der Waals surface area contributed by atoms with Crippen molar-refractivity contribution in [1.82, 2.24) is 0 Å². The summed E-state index contributed by atoms with van der Waals surface area (Å²) >= 11 is 1.68. The molecule has 2 rings (SSSR count). The minimum absolute atomic E-state index is 0.145. The molecule has 1 unspecified atom stereocenters. The predicted octanol–water partition coefficient (Wildman–Crippen LogP) is 5.17. The predicted molar refractivity (Wildman–Crippen MR) is 79.1 cm³/mol. The van der Waals surface area contributed by atoms with Crippen LogP contribution in [0.4, 0.5) is 18.9 Å². The smallest absolute Gasteiger partial charge is 0.422 e. The van der Waals surface area contributed by atoms with Gasteiger partial charge in [0, 0.05) is 10.6 Å². The Labute approximate surface area is 125 Å². The van der Waals surface area contributed by atoms with Gasteiger partial charge in [-0.2, -0.15) is 13.2 Å². The van der Waals surface area contributed by atoms with Gasteiger partial charge in [0.1, 0.15) is 5.75 Å². The van der Waals surface area contributed by atoms with Gasteiger partial charge in [0.05, 0.1) is 6.04 Å². The van der Waals surface area contributed by atoms with Gasteiger partial charge in [-0.15, -0.1) is 11.3 Å². The molecule has 0 radical (unpaired) electrons. The zero-order valence-corrected chi connectivity index (χ0v) is 12.5. The highest BCUT2D eigenvalue weighted by Crippen LogP contribution is 2.27. The van der Waals surface area contributed by atoms with Gasteiger partial charge >= 0.3 is 6.18 Å². The van der Waals surface area contributed by atoms with E-state index in [0.29, 0.717) is 0 Å². The highest BCUT2D eigenvalue weighted by Gasteiger charge is 2.28. The van der Waals surface area contributed by atoms with Crippen LogP contribution in [0.1, 0.15) is 23.4 Å². The monoisotopic (exact) mass is 315 g/mol. The number of hydrogen-bond acceptors (Lipinski definition) is 3. The Morgan fingerprint density at radius 3 is 2.38 bits per heavy atom. The minimum atomic E-state index is -4.32. The van der Waals surface area contributed by atoms with E-state index in [2.05, 4.69) is 23.0 Å². The summed E-state index contributed by atoms with van der Waals surface area (Å²) in [4.78, 5) is 1.24. The van der Waals surface area contributed by atoms with Crippen molar-refractivity contribution in [2.75, 3.05) is 11.9 Å². The van der Waals surface area contributed by atoms with Gasteiger partial charge in [-0.1, -0.05) is 0 Å². The highest BCUT2D eigenvalue weighted by atomic mass is 32.1. The van der Waals surface area contributed by atoms with Gasteiger partial charge in [-0.05, 0) is 55.1 Å². The van der Waals surface area contributed by atoms with E-state index in [1.54, 1.807) is 23.5 Å². The van der Waals surface area contributed by atoms with E-state index in [9.17, 15) is 13.2 Å². The Hall–Kier alpha value is -1.69. The largest absolute Gasteiger partial charge is 0.484 e. The molecular formula is C15H16F3NOS. The van der Waals surface area contributed by atoms with Gasteiger partial charge in [0.15, 0.2) is 6.61 Å². The van der Waals surface area contributed by atoms with E-state index in [0.717, 1.165) is 5.69 Å². The number of benzene rings is 1. The maximum Gasteiger partial charge on any atom is 0.422 e. The van der Waals surface area contributed by atoms with Gasteiger partial charge in [-0.25, -0.2) is 0 Å². The zero-order chi connectivity index (χ0) is 15.5. The fourth-order valence-electron chi connectivity index (χ4n) is 1.96. The van der Waals surface area contributed by atoms with Crippen molar-refractivity contribution in [3.05, 3.63) is 46.2 Å². The topological polar surface area (TPSA) is 21.3 Å². The van der Waals surface area contributed by atoms with Crippen LogP contribution in [0, 0.1) is 6.92 Å². The number of thiophene rings is 1. The summed E-state index contributed by atoms with van der Waals surface area (Å²) in [5.41, 5.74) is 2.07. The van der Waals surface area contributed by atoms with Crippen molar-refractivity contribution in [3.63, 3.8) is 0 Å². The molecule has 2 aromatic rings. The molecule has 0 aliphatic carbocycles. The molecule has 0 saturated heterocycles. The normalized spacial score (nSPS) is 13.0. The number of anilines is 1. The van der Waals surface area contributed by atoms with Crippen molar-refractivity contribution >= 4 is 17.0 Å². The fraction of sp³-hybridized carbons (Fsp3) is 0.333. The molecule has 0 amide bonds. The first-order chi connectivity index (χ1) is 9.85. The third-order valence-corrected chi connectivity index (χ3v) is 4.14. The molecule has 0 aliphatic heterocycles. The van der Waals surface area contributed by atoms with Crippen molar-refractivity contribution in [2.45, 2.75) is 26.1 Å². The van der Waals surface area contributed by atoms with Crippen LogP contribution in [0.2, 0.25) is 0 Å². The Bertz CT molecular complexity index is 577. The van der Waals surface area contributed by atoms with Crippen LogP contribution in [0.25, 0.3) is 0 Å². The number of alkyl halides is 3. The molecule has 6 heteroatoms. The molecule has 0 saturated carbocycles. The summed E-state index contributed by atoms with van der Waals surface area (Å²) in [6.45, 7) is 2.83. The molecule has 1 atom stereocenters. The lowest BCUT2D eigenvalue weighted by molar-refractivity contribution is -0.153. The van der Waals surface area contributed by atoms with Crippen molar-refractivity contribution in [3.8, 4) is 5.75 Å². The second-order valence-corrected chi connectivity index (χ2v) is 5.71. The lowest BCUT2D eigenvalue weighted by Gasteiger charge is -2.15. The summed E-state index contributed by atoms with van der Waals surface area (Å²) in [6, 6.07) is 8.69. The molecule has 2 nitrogen and oxygen atoms in total. The Kier molecular flexibility index (Phi) is 4.77. The number of hydrogen-bond donors (Lipinski definition) is 1. The molecule has 1 N–H and O–H groups in total. The molecule has 1 aromatic carbocycles. The second-order valence-electron chi connectivity index (χ2n) is 4.76. The molecule has 0 spiro atoms. The average Bonchev–Trinajstić information content (AvgIpc) is 2.83. The number of halogens is 3.